The van der Waals surface area contributed by atoms with Crippen molar-refractivity contribution in [2.75, 3.05) is 25.2 Å². The minimum absolute atomic E-state index is 0.249. The molecule has 0 aromatic heterocycles. The normalized spacial score (nSPS) is 33.8. The van der Waals surface area contributed by atoms with Gasteiger partial charge in [-0.05, 0) is 45.6 Å². The molecule has 1 amide bonds. The van der Waals surface area contributed by atoms with E-state index in [0.717, 1.165) is 17.9 Å². The molecule has 3 aliphatic heterocycles. The molecule has 0 bridgehead atoms. The number of thioether (sulfide) groups is 2. The summed E-state index contributed by atoms with van der Waals surface area (Å²) in [5.74, 6) is -0.693. The minimum atomic E-state index is -1.03. The fraction of sp³-hybridized carbons (Fsp3) is 0.895. The van der Waals surface area contributed by atoms with Gasteiger partial charge in [-0.2, -0.15) is 0 Å². The SMILES string of the molecule is COC(=O)C1([C@H](NC(C)=O)[C@H]2OC(C)(C)O[C@@H]2[C@H]2COC(C)(C)O2)SCCCS1. The van der Waals surface area contributed by atoms with Gasteiger partial charge in [-0.15, -0.1) is 23.5 Å². The van der Waals surface area contributed by atoms with Gasteiger partial charge >= 0.3 is 5.97 Å². The number of methoxy groups -OCH3 is 1. The van der Waals surface area contributed by atoms with Crippen molar-refractivity contribution in [1.29, 1.82) is 0 Å². The average Bonchev–Trinajstić information content (AvgIpc) is 3.17. The maximum absolute atomic E-state index is 13.0. The van der Waals surface area contributed by atoms with Crippen molar-refractivity contribution in [2.45, 2.75) is 81.0 Å². The summed E-state index contributed by atoms with van der Waals surface area (Å²) >= 11 is 2.98. The summed E-state index contributed by atoms with van der Waals surface area (Å²) in [5, 5.41) is 2.98. The zero-order valence-electron chi connectivity index (χ0n) is 17.8. The van der Waals surface area contributed by atoms with Crippen molar-refractivity contribution in [3.05, 3.63) is 0 Å². The van der Waals surface area contributed by atoms with Gasteiger partial charge in [0.15, 0.2) is 15.7 Å². The van der Waals surface area contributed by atoms with E-state index >= 15 is 0 Å². The van der Waals surface area contributed by atoms with Crippen LogP contribution in [0.2, 0.25) is 0 Å². The molecular weight excluding hydrogens is 418 g/mol. The Morgan fingerprint density at radius 1 is 1.07 bits per heavy atom. The van der Waals surface area contributed by atoms with Crippen LogP contribution < -0.4 is 5.32 Å². The third-order valence-electron chi connectivity index (χ3n) is 5.05. The van der Waals surface area contributed by atoms with Crippen molar-refractivity contribution in [2.24, 2.45) is 0 Å². The molecule has 10 heteroatoms. The smallest absolute Gasteiger partial charge is 0.334 e. The first-order valence-electron chi connectivity index (χ1n) is 9.80. The molecule has 166 valence electrons. The number of carbonyl (C=O) groups is 2. The first kappa shape index (κ1) is 23.1. The van der Waals surface area contributed by atoms with Gasteiger partial charge in [-0.3, -0.25) is 4.79 Å². The van der Waals surface area contributed by atoms with Crippen LogP contribution in [-0.2, 0) is 33.3 Å². The molecular formula is C19H31NO7S2. The van der Waals surface area contributed by atoms with Crippen LogP contribution in [0.15, 0.2) is 0 Å². The fourth-order valence-corrected chi connectivity index (χ4v) is 7.31. The van der Waals surface area contributed by atoms with E-state index in [1.807, 2.05) is 27.7 Å². The summed E-state index contributed by atoms with van der Waals surface area (Å²) in [7, 11) is 1.37. The van der Waals surface area contributed by atoms with Gasteiger partial charge in [0.1, 0.15) is 18.3 Å². The molecule has 4 atom stereocenters. The first-order valence-corrected chi connectivity index (χ1v) is 11.8. The van der Waals surface area contributed by atoms with Gasteiger partial charge in [0.2, 0.25) is 5.91 Å². The number of carbonyl (C=O) groups excluding carboxylic acids is 2. The molecule has 0 aliphatic carbocycles. The molecule has 29 heavy (non-hydrogen) atoms. The highest BCUT2D eigenvalue weighted by atomic mass is 32.2. The van der Waals surface area contributed by atoms with Gasteiger partial charge in [0.05, 0.1) is 19.8 Å². The van der Waals surface area contributed by atoms with E-state index in [0.29, 0.717) is 6.61 Å². The van der Waals surface area contributed by atoms with Crippen molar-refractivity contribution in [3.8, 4) is 0 Å². The topological polar surface area (TPSA) is 92.3 Å². The second-order valence-corrected chi connectivity index (χ2v) is 11.3. The van der Waals surface area contributed by atoms with E-state index in [4.69, 9.17) is 23.7 Å². The molecule has 0 aromatic rings. The lowest BCUT2D eigenvalue weighted by Gasteiger charge is -2.43. The summed E-state index contributed by atoms with van der Waals surface area (Å²) in [4.78, 5) is 25.2. The van der Waals surface area contributed by atoms with Crippen LogP contribution >= 0.6 is 23.5 Å². The van der Waals surface area contributed by atoms with Crippen LogP contribution in [0.25, 0.3) is 0 Å². The molecule has 8 nitrogen and oxygen atoms in total. The van der Waals surface area contributed by atoms with Crippen LogP contribution in [-0.4, -0.2) is 77.1 Å². The van der Waals surface area contributed by atoms with Crippen LogP contribution in [0.4, 0.5) is 0 Å². The molecule has 1 N–H and O–H groups in total. The number of nitrogens with one attached hydrogen (secondary N) is 1. The van der Waals surface area contributed by atoms with Crippen molar-refractivity contribution in [1.82, 2.24) is 5.32 Å². The largest absolute Gasteiger partial charge is 0.467 e. The van der Waals surface area contributed by atoms with Crippen molar-refractivity contribution in [3.63, 3.8) is 0 Å². The number of ether oxygens (including phenoxy) is 5. The minimum Gasteiger partial charge on any atom is -0.467 e. The number of rotatable bonds is 5. The Morgan fingerprint density at radius 3 is 2.24 bits per heavy atom. The summed E-state index contributed by atoms with van der Waals surface area (Å²) in [6, 6.07) is -0.665. The predicted molar refractivity (Wildman–Crippen MR) is 111 cm³/mol. The van der Waals surface area contributed by atoms with Crippen LogP contribution in [0, 0.1) is 0 Å². The third-order valence-corrected chi connectivity index (χ3v) is 8.44. The van der Waals surface area contributed by atoms with E-state index in [9.17, 15) is 9.59 Å². The number of esters is 1. The van der Waals surface area contributed by atoms with Crippen LogP contribution in [0.1, 0.15) is 41.0 Å². The Labute approximate surface area is 180 Å². The van der Waals surface area contributed by atoms with Crippen LogP contribution in [0.5, 0.6) is 0 Å². The Hall–Kier alpha value is -0.520. The lowest BCUT2D eigenvalue weighted by atomic mass is 9.97. The third kappa shape index (κ3) is 4.88. The highest BCUT2D eigenvalue weighted by molar-refractivity contribution is 8.20. The molecule has 3 heterocycles. The summed E-state index contributed by atoms with van der Waals surface area (Å²) in [6.45, 7) is 9.10. The zero-order chi connectivity index (χ0) is 21.4. The number of amides is 1. The van der Waals surface area contributed by atoms with E-state index in [1.54, 1.807) is 0 Å². The maximum Gasteiger partial charge on any atom is 0.334 e. The van der Waals surface area contributed by atoms with E-state index < -0.39 is 33.9 Å². The maximum atomic E-state index is 13.0. The van der Waals surface area contributed by atoms with Gasteiger partial charge in [0.25, 0.3) is 0 Å². The van der Waals surface area contributed by atoms with Gasteiger partial charge in [0, 0.05) is 6.92 Å². The van der Waals surface area contributed by atoms with E-state index in [-0.39, 0.29) is 18.0 Å². The van der Waals surface area contributed by atoms with Crippen molar-refractivity contribution >= 4 is 35.4 Å². The highest BCUT2D eigenvalue weighted by Crippen LogP contribution is 2.50. The van der Waals surface area contributed by atoms with Gasteiger partial charge < -0.3 is 29.0 Å². The molecule has 0 radical (unpaired) electrons. The van der Waals surface area contributed by atoms with Crippen molar-refractivity contribution < 1.29 is 33.3 Å². The van der Waals surface area contributed by atoms with E-state index in [1.165, 1.54) is 37.6 Å². The first-order chi connectivity index (χ1) is 13.5. The summed E-state index contributed by atoms with van der Waals surface area (Å²) < 4.78 is 28.4. The predicted octanol–water partition coefficient (Wildman–Crippen LogP) is 1.90. The lowest BCUT2D eigenvalue weighted by Crippen LogP contribution is -2.63. The van der Waals surface area contributed by atoms with Gasteiger partial charge in [-0.1, -0.05) is 0 Å². The molecule has 0 aromatic carbocycles. The Kier molecular flexibility index (Phi) is 6.82. The fourth-order valence-electron chi connectivity index (χ4n) is 3.97. The lowest BCUT2D eigenvalue weighted by molar-refractivity contribution is -0.175. The highest BCUT2D eigenvalue weighted by Gasteiger charge is 2.60. The second kappa shape index (κ2) is 8.55. The number of hydrogen-bond acceptors (Lipinski definition) is 9. The summed E-state index contributed by atoms with van der Waals surface area (Å²) in [6.07, 6.45) is -0.547. The molecule has 3 saturated heterocycles. The Balaban J connectivity index is 1.98. The van der Waals surface area contributed by atoms with E-state index in [2.05, 4.69) is 5.32 Å². The standard InChI is InChI=1S/C19H31NO7S2/c1-11(21)20-15(19(16(22)23-6)28-8-7-9-29-19)14-13(26-18(4,5)27-14)12-10-24-17(2,3)25-12/h12-15H,7-10H2,1-6H3,(H,20,21)/t12-,13-,14+,15-/m1/s1. The molecule has 0 spiro atoms. The Morgan fingerprint density at radius 2 is 1.72 bits per heavy atom. The quantitative estimate of drug-likeness (QED) is 0.632. The molecule has 3 fully saturated rings. The Bertz CT molecular complexity index is 636. The molecule has 3 aliphatic rings. The van der Waals surface area contributed by atoms with Crippen LogP contribution in [0.3, 0.4) is 0 Å². The summed E-state index contributed by atoms with van der Waals surface area (Å²) in [5.41, 5.74) is 0. The zero-order valence-corrected chi connectivity index (χ0v) is 19.4. The second-order valence-electron chi connectivity index (χ2n) is 8.32. The monoisotopic (exact) mass is 449 g/mol. The van der Waals surface area contributed by atoms with Gasteiger partial charge in [-0.25, -0.2) is 4.79 Å². The molecule has 0 saturated carbocycles. The molecule has 3 rings (SSSR count). The average molecular weight is 450 g/mol. The number of hydrogen-bond donors (Lipinski definition) is 1. The molecule has 0 unspecified atom stereocenters.